The van der Waals surface area contributed by atoms with Crippen LogP contribution in [0.1, 0.15) is 195 Å². The third-order valence-corrected chi connectivity index (χ3v) is 8.03. The molecule has 0 rings (SSSR count). The van der Waals surface area contributed by atoms with Crippen molar-refractivity contribution >= 4 is 0 Å². The Balaban J connectivity index is 4.34. The van der Waals surface area contributed by atoms with Gasteiger partial charge in [-0.05, 0) is 32.1 Å². The van der Waals surface area contributed by atoms with Crippen LogP contribution in [-0.4, -0.2) is 19.0 Å². The first-order valence-electron chi connectivity index (χ1n) is 17.0. The third kappa shape index (κ3) is 20.0. The fourth-order valence-electron chi connectivity index (χ4n) is 5.66. The van der Waals surface area contributed by atoms with Gasteiger partial charge in [-0.25, -0.2) is 0 Å². The Labute approximate surface area is 229 Å². The standard InChI is InChI=1S/C34H70O2/c1-6-11-13-15-17-18-19-20-21-22-23-24-26-28-30-33(29-27-25-16-14-12-7-2)34(10-5,35-31-8-3)36-32-9-4/h33H,6-32H2,1-5H3. The van der Waals surface area contributed by atoms with E-state index in [4.69, 9.17) is 9.47 Å². The van der Waals surface area contributed by atoms with Gasteiger partial charge in [0.25, 0.3) is 0 Å². The minimum absolute atomic E-state index is 0.355. The second-order valence-electron chi connectivity index (χ2n) is 11.5. The molecule has 2 nitrogen and oxygen atoms in total. The molecule has 218 valence electrons. The van der Waals surface area contributed by atoms with Crippen LogP contribution in [0.25, 0.3) is 0 Å². The summed E-state index contributed by atoms with van der Waals surface area (Å²) in [4.78, 5) is 0. The summed E-state index contributed by atoms with van der Waals surface area (Å²) >= 11 is 0. The van der Waals surface area contributed by atoms with E-state index in [1.54, 1.807) is 0 Å². The Morgan fingerprint density at radius 3 is 0.972 bits per heavy atom. The molecule has 1 atom stereocenters. The number of rotatable bonds is 30. The van der Waals surface area contributed by atoms with Crippen LogP contribution < -0.4 is 0 Å². The van der Waals surface area contributed by atoms with Gasteiger partial charge >= 0.3 is 0 Å². The average molecular weight is 511 g/mol. The minimum Gasteiger partial charge on any atom is -0.350 e. The molecule has 0 aliphatic rings. The quantitative estimate of drug-likeness (QED) is 0.0706. The number of ether oxygens (including phenoxy) is 2. The molecule has 2 heteroatoms. The number of unbranched alkanes of at least 4 members (excludes halogenated alkanes) is 18. The molecule has 36 heavy (non-hydrogen) atoms. The molecule has 0 aliphatic heterocycles. The lowest BCUT2D eigenvalue weighted by molar-refractivity contribution is -0.272. The zero-order valence-corrected chi connectivity index (χ0v) is 26.0. The highest BCUT2D eigenvalue weighted by atomic mass is 16.7. The van der Waals surface area contributed by atoms with Crippen LogP contribution in [0.15, 0.2) is 0 Å². The van der Waals surface area contributed by atoms with Crippen LogP contribution >= 0.6 is 0 Å². The summed E-state index contributed by atoms with van der Waals surface area (Å²) in [6.45, 7) is 13.0. The summed E-state index contributed by atoms with van der Waals surface area (Å²) in [5, 5.41) is 0. The first-order valence-corrected chi connectivity index (χ1v) is 17.0. The lowest BCUT2D eigenvalue weighted by Crippen LogP contribution is -2.44. The topological polar surface area (TPSA) is 18.5 Å². The van der Waals surface area contributed by atoms with E-state index >= 15 is 0 Å². The second-order valence-corrected chi connectivity index (χ2v) is 11.5. The van der Waals surface area contributed by atoms with Crippen LogP contribution in [0.3, 0.4) is 0 Å². The fourth-order valence-corrected chi connectivity index (χ4v) is 5.66. The maximum atomic E-state index is 6.54. The van der Waals surface area contributed by atoms with Crippen LogP contribution in [-0.2, 0) is 9.47 Å². The number of hydrogen-bond acceptors (Lipinski definition) is 2. The first-order chi connectivity index (χ1) is 17.7. The zero-order chi connectivity index (χ0) is 26.6. The molecule has 0 N–H and O–H groups in total. The lowest BCUT2D eigenvalue weighted by atomic mass is 9.85. The van der Waals surface area contributed by atoms with Crippen molar-refractivity contribution in [2.24, 2.45) is 5.92 Å². The Bertz CT molecular complexity index is 400. The van der Waals surface area contributed by atoms with Crippen molar-refractivity contribution in [3.05, 3.63) is 0 Å². The third-order valence-electron chi connectivity index (χ3n) is 8.03. The molecule has 0 aromatic rings. The first kappa shape index (κ1) is 35.9. The molecule has 1 unspecified atom stereocenters. The molecule has 0 spiro atoms. The molecule has 0 heterocycles. The molecule has 0 bridgehead atoms. The highest BCUT2D eigenvalue weighted by Gasteiger charge is 2.38. The monoisotopic (exact) mass is 511 g/mol. The van der Waals surface area contributed by atoms with E-state index in [9.17, 15) is 0 Å². The van der Waals surface area contributed by atoms with E-state index in [1.807, 2.05) is 0 Å². The molecular weight excluding hydrogens is 440 g/mol. The van der Waals surface area contributed by atoms with Gasteiger partial charge in [-0.15, -0.1) is 0 Å². The van der Waals surface area contributed by atoms with Crippen molar-refractivity contribution in [3.8, 4) is 0 Å². The van der Waals surface area contributed by atoms with Crippen molar-refractivity contribution < 1.29 is 9.47 Å². The van der Waals surface area contributed by atoms with E-state index in [0.29, 0.717) is 5.92 Å². The van der Waals surface area contributed by atoms with E-state index < -0.39 is 0 Å². The molecule has 0 aromatic carbocycles. The number of hydrogen-bond donors (Lipinski definition) is 0. The van der Waals surface area contributed by atoms with Gasteiger partial charge in [0.05, 0.1) is 0 Å². The van der Waals surface area contributed by atoms with Gasteiger partial charge in [0.1, 0.15) is 0 Å². The Hall–Kier alpha value is -0.0800. The Morgan fingerprint density at radius 2 is 0.694 bits per heavy atom. The molecule has 0 fully saturated rings. The molecule has 0 amide bonds. The predicted octanol–water partition coefficient (Wildman–Crippen LogP) is 12.2. The van der Waals surface area contributed by atoms with Gasteiger partial charge in [-0.2, -0.15) is 0 Å². The average Bonchev–Trinajstić information content (AvgIpc) is 2.90. The molecule has 0 aliphatic carbocycles. The maximum Gasteiger partial charge on any atom is 0.170 e. The van der Waals surface area contributed by atoms with Crippen LogP contribution in [0.5, 0.6) is 0 Å². The molecular formula is C34H70O2. The summed E-state index contributed by atoms with van der Waals surface area (Å²) in [7, 11) is 0. The van der Waals surface area contributed by atoms with Crippen molar-refractivity contribution in [2.45, 2.75) is 201 Å². The minimum atomic E-state index is -0.355. The van der Waals surface area contributed by atoms with Gasteiger partial charge in [0.15, 0.2) is 5.79 Å². The summed E-state index contributed by atoms with van der Waals surface area (Å²) < 4.78 is 13.1. The van der Waals surface area contributed by atoms with E-state index in [1.165, 1.54) is 141 Å². The molecule has 0 radical (unpaired) electrons. The van der Waals surface area contributed by atoms with Crippen molar-refractivity contribution in [1.29, 1.82) is 0 Å². The summed E-state index contributed by atoms with van der Waals surface area (Å²) in [6, 6.07) is 0. The fraction of sp³-hybridized carbons (Fsp3) is 1.00. The van der Waals surface area contributed by atoms with Gasteiger partial charge in [0, 0.05) is 19.1 Å². The van der Waals surface area contributed by atoms with Gasteiger partial charge < -0.3 is 9.47 Å². The van der Waals surface area contributed by atoms with Crippen LogP contribution in [0.2, 0.25) is 0 Å². The predicted molar refractivity (Wildman–Crippen MR) is 162 cm³/mol. The van der Waals surface area contributed by atoms with Gasteiger partial charge in [-0.1, -0.05) is 163 Å². The highest BCUT2D eigenvalue weighted by molar-refractivity contribution is 4.80. The maximum absolute atomic E-state index is 6.54. The summed E-state index contributed by atoms with van der Waals surface area (Å²) in [6.07, 6.45) is 33.9. The highest BCUT2D eigenvalue weighted by Crippen LogP contribution is 2.36. The van der Waals surface area contributed by atoms with Crippen molar-refractivity contribution in [1.82, 2.24) is 0 Å². The Kier molecular flexibility index (Phi) is 27.9. The van der Waals surface area contributed by atoms with E-state index in [-0.39, 0.29) is 5.79 Å². The van der Waals surface area contributed by atoms with Gasteiger partial charge in [-0.3, -0.25) is 0 Å². The largest absolute Gasteiger partial charge is 0.350 e. The van der Waals surface area contributed by atoms with E-state index in [2.05, 4.69) is 34.6 Å². The second kappa shape index (κ2) is 27.9. The summed E-state index contributed by atoms with van der Waals surface area (Å²) in [5.74, 6) is 0.190. The Morgan fingerprint density at radius 1 is 0.389 bits per heavy atom. The SMILES string of the molecule is CCCCCCCCCCCCCCCCC(CCCCCCCC)C(CC)(OCCC)OCCC. The van der Waals surface area contributed by atoms with Gasteiger partial charge in [0.2, 0.25) is 0 Å². The smallest absolute Gasteiger partial charge is 0.170 e. The molecule has 0 saturated heterocycles. The lowest BCUT2D eigenvalue weighted by Gasteiger charge is -2.40. The van der Waals surface area contributed by atoms with Crippen molar-refractivity contribution in [3.63, 3.8) is 0 Å². The van der Waals surface area contributed by atoms with E-state index in [0.717, 1.165) is 32.5 Å². The molecule has 0 aromatic heterocycles. The van der Waals surface area contributed by atoms with Crippen LogP contribution in [0.4, 0.5) is 0 Å². The zero-order valence-electron chi connectivity index (χ0n) is 26.0. The summed E-state index contributed by atoms with van der Waals surface area (Å²) in [5.41, 5.74) is 0. The molecule has 0 saturated carbocycles. The normalized spacial score (nSPS) is 12.9. The van der Waals surface area contributed by atoms with Crippen molar-refractivity contribution in [2.75, 3.05) is 13.2 Å². The van der Waals surface area contributed by atoms with Crippen LogP contribution in [0, 0.1) is 5.92 Å².